The lowest BCUT2D eigenvalue weighted by molar-refractivity contribution is 0.0958. The lowest BCUT2D eigenvalue weighted by atomic mass is 9.92. The molecule has 3 nitrogen and oxygen atoms in total. The van der Waals surface area contributed by atoms with Crippen molar-refractivity contribution >= 4 is 11.6 Å². The Morgan fingerprint density at radius 2 is 1.89 bits per heavy atom. The highest BCUT2D eigenvalue weighted by atomic mass is 16.1. The quantitative estimate of drug-likeness (QED) is 0.769. The largest absolute Gasteiger partial charge is 0.385 e. The molecule has 0 saturated heterocycles. The van der Waals surface area contributed by atoms with Crippen molar-refractivity contribution < 1.29 is 4.79 Å². The van der Waals surface area contributed by atoms with Crippen LogP contribution >= 0.6 is 0 Å². The van der Waals surface area contributed by atoms with Crippen LogP contribution in [-0.2, 0) is 0 Å². The van der Waals surface area contributed by atoms with Crippen molar-refractivity contribution in [2.45, 2.75) is 27.2 Å². The second kappa shape index (κ2) is 6.98. The van der Waals surface area contributed by atoms with Crippen molar-refractivity contribution in [1.82, 2.24) is 5.32 Å². The van der Waals surface area contributed by atoms with Gasteiger partial charge in [0.1, 0.15) is 0 Å². The molecule has 0 aliphatic carbocycles. The number of hydrogen-bond donors (Lipinski definition) is 2. The molecule has 0 bridgehead atoms. The highest BCUT2D eigenvalue weighted by molar-refractivity contribution is 5.94. The maximum absolute atomic E-state index is 11.7. The van der Waals surface area contributed by atoms with Crippen molar-refractivity contribution in [2.75, 3.05) is 18.4 Å². The van der Waals surface area contributed by atoms with Crippen LogP contribution in [0.5, 0.6) is 0 Å². The standard InChI is InChI=1S/C16H24N2O/c1-5-11-18-15(19)13-6-8-14(9-7-13)17-12-10-16(2,3)4/h5-9,17H,1,10-12H2,2-4H3,(H,18,19). The molecule has 3 heteroatoms. The molecule has 0 aromatic heterocycles. The van der Waals surface area contributed by atoms with Gasteiger partial charge in [-0.05, 0) is 36.1 Å². The van der Waals surface area contributed by atoms with E-state index in [1.54, 1.807) is 6.08 Å². The van der Waals surface area contributed by atoms with Crippen LogP contribution in [-0.4, -0.2) is 19.0 Å². The summed E-state index contributed by atoms with van der Waals surface area (Å²) < 4.78 is 0. The van der Waals surface area contributed by atoms with E-state index >= 15 is 0 Å². The Balaban J connectivity index is 2.47. The molecule has 0 atom stereocenters. The summed E-state index contributed by atoms with van der Waals surface area (Å²) in [6.45, 7) is 11.7. The molecule has 0 radical (unpaired) electrons. The molecule has 0 fully saturated rings. The van der Waals surface area contributed by atoms with Crippen molar-refractivity contribution in [3.05, 3.63) is 42.5 Å². The van der Waals surface area contributed by atoms with Gasteiger partial charge in [0.2, 0.25) is 0 Å². The first-order valence-electron chi connectivity index (χ1n) is 6.65. The molecule has 1 rings (SSSR count). The molecular weight excluding hydrogens is 236 g/mol. The van der Waals surface area contributed by atoms with Crippen LogP contribution in [0.2, 0.25) is 0 Å². The summed E-state index contributed by atoms with van der Waals surface area (Å²) in [7, 11) is 0. The summed E-state index contributed by atoms with van der Waals surface area (Å²) >= 11 is 0. The van der Waals surface area contributed by atoms with E-state index in [9.17, 15) is 4.79 Å². The van der Waals surface area contributed by atoms with E-state index in [1.807, 2.05) is 24.3 Å². The Morgan fingerprint density at radius 1 is 1.26 bits per heavy atom. The van der Waals surface area contributed by atoms with Crippen LogP contribution in [0.25, 0.3) is 0 Å². The predicted molar refractivity (Wildman–Crippen MR) is 81.5 cm³/mol. The topological polar surface area (TPSA) is 41.1 Å². The number of rotatable bonds is 6. The van der Waals surface area contributed by atoms with Crippen molar-refractivity contribution in [3.63, 3.8) is 0 Å². The molecule has 0 aliphatic rings. The summed E-state index contributed by atoms with van der Waals surface area (Å²) in [6, 6.07) is 7.53. The lowest BCUT2D eigenvalue weighted by Crippen LogP contribution is -2.23. The number of carbonyl (C=O) groups is 1. The number of amides is 1. The Labute approximate surface area is 116 Å². The van der Waals surface area contributed by atoms with E-state index in [-0.39, 0.29) is 5.91 Å². The number of benzene rings is 1. The first kappa shape index (κ1) is 15.3. The fraction of sp³-hybridized carbons (Fsp3) is 0.438. The molecule has 19 heavy (non-hydrogen) atoms. The van der Waals surface area contributed by atoms with Gasteiger partial charge in [0.05, 0.1) is 0 Å². The molecular formula is C16H24N2O. The number of carbonyl (C=O) groups excluding carboxylic acids is 1. The van der Waals surface area contributed by atoms with Gasteiger partial charge in [0, 0.05) is 24.3 Å². The highest BCUT2D eigenvalue weighted by Crippen LogP contribution is 2.18. The molecule has 104 valence electrons. The van der Waals surface area contributed by atoms with Crippen molar-refractivity contribution in [2.24, 2.45) is 5.41 Å². The van der Waals surface area contributed by atoms with Crippen LogP contribution < -0.4 is 10.6 Å². The van der Waals surface area contributed by atoms with Crippen LogP contribution in [0, 0.1) is 5.41 Å². The molecule has 1 aromatic carbocycles. The van der Waals surface area contributed by atoms with E-state index in [0.717, 1.165) is 18.7 Å². The molecule has 0 spiro atoms. The third-order valence-electron chi connectivity index (χ3n) is 2.76. The summed E-state index contributed by atoms with van der Waals surface area (Å²) in [5.74, 6) is -0.0684. The summed E-state index contributed by atoms with van der Waals surface area (Å²) in [4.78, 5) is 11.7. The second-order valence-corrected chi connectivity index (χ2v) is 5.81. The van der Waals surface area contributed by atoms with Gasteiger partial charge in [0.25, 0.3) is 5.91 Å². The van der Waals surface area contributed by atoms with E-state index in [0.29, 0.717) is 17.5 Å². The van der Waals surface area contributed by atoms with Crippen LogP contribution in [0.3, 0.4) is 0 Å². The van der Waals surface area contributed by atoms with E-state index in [1.165, 1.54) is 0 Å². The molecule has 0 aliphatic heterocycles. The van der Waals surface area contributed by atoms with Crippen molar-refractivity contribution in [1.29, 1.82) is 0 Å². The Kier molecular flexibility index (Phi) is 5.61. The third-order valence-corrected chi connectivity index (χ3v) is 2.76. The second-order valence-electron chi connectivity index (χ2n) is 5.81. The SMILES string of the molecule is C=CCNC(=O)c1ccc(NCCC(C)(C)C)cc1. The third kappa shape index (κ3) is 6.09. The first-order valence-corrected chi connectivity index (χ1v) is 6.65. The average molecular weight is 260 g/mol. The normalized spacial score (nSPS) is 10.9. The zero-order valence-corrected chi connectivity index (χ0v) is 12.1. The minimum Gasteiger partial charge on any atom is -0.385 e. The molecule has 0 heterocycles. The van der Waals surface area contributed by atoms with Gasteiger partial charge >= 0.3 is 0 Å². The Bertz CT molecular complexity index is 415. The predicted octanol–water partition coefficient (Wildman–Crippen LogP) is 3.45. The summed E-state index contributed by atoms with van der Waals surface area (Å²) in [6.07, 6.45) is 2.77. The fourth-order valence-electron chi connectivity index (χ4n) is 1.59. The minimum absolute atomic E-state index is 0.0684. The van der Waals surface area contributed by atoms with Crippen molar-refractivity contribution in [3.8, 4) is 0 Å². The highest BCUT2D eigenvalue weighted by Gasteiger charge is 2.09. The zero-order valence-electron chi connectivity index (χ0n) is 12.1. The van der Waals surface area contributed by atoms with Gasteiger partial charge in [0.15, 0.2) is 0 Å². The number of nitrogens with one attached hydrogen (secondary N) is 2. The van der Waals surface area contributed by atoms with E-state index in [2.05, 4.69) is 38.0 Å². The first-order chi connectivity index (χ1) is 8.92. The smallest absolute Gasteiger partial charge is 0.251 e. The van der Waals surface area contributed by atoms with Crippen LogP contribution in [0.4, 0.5) is 5.69 Å². The molecule has 0 unspecified atom stereocenters. The fourth-order valence-corrected chi connectivity index (χ4v) is 1.59. The maximum atomic E-state index is 11.7. The molecule has 1 aromatic rings. The van der Waals surface area contributed by atoms with E-state index < -0.39 is 0 Å². The van der Waals surface area contributed by atoms with Gasteiger partial charge in [-0.25, -0.2) is 0 Å². The lowest BCUT2D eigenvalue weighted by Gasteiger charge is -2.18. The zero-order chi connectivity index (χ0) is 14.3. The van der Waals surface area contributed by atoms with E-state index in [4.69, 9.17) is 0 Å². The summed E-state index contributed by atoms with van der Waals surface area (Å²) in [5.41, 5.74) is 2.05. The van der Waals surface area contributed by atoms with Gasteiger partial charge < -0.3 is 10.6 Å². The Morgan fingerprint density at radius 3 is 2.42 bits per heavy atom. The van der Waals surface area contributed by atoms with Gasteiger partial charge in [-0.2, -0.15) is 0 Å². The van der Waals surface area contributed by atoms with Crippen LogP contribution in [0.1, 0.15) is 37.6 Å². The van der Waals surface area contributed by atoms with Gasteiger partial charge in [-0.1, -0.05) is 26.8 Å². The summed E-state index contributed by atoms with van der Waals surface area (Å²) in [5, 5.41) is 6.12. The molecule has 2 N–H and O–H groups in total. The molecule has 0 saturated carbocycles. The van der Waals surface area contributed by atoms with Gasteiger partial charge in [-0.3, -0.25) is 4.79 Å². The molecule has 1 amide bonds. The van der Waals surface area contributed by atoms with Crippen LogP contribution in [0.15, 0.2) is 36.9 Å². The monoisotopic (exact) mass is 260 g/mol. The minimum atomic E-state index is -0.0684. The maximum Gasteiger partial charge on any atom is 0.251 e. The number of hydrogen-bond acceptors (Lipinski definition) is 2. The average Bonchev–Trinajstić information content (AvgIpc) is 2.35. The number of anilines is 1. The van der Waals surface area contributed by atoms with Gasteiger partial charge in [-0.15, -0.1) is 6.58 Å². The Hall–Kier alpha value is -1.77.